The largest absolute Gasteiger partial charge is 0.468 e. The van der Waals surface area contributed by atoms with E-state index in [4.69, 9.17) is 0 Å². The number of methoxy groups -OCH3 is 1. The zero-order valence-corrected chi connectivity index (χ0v) is 12.3. The Balaban J connectivity index is 3.56. The van der Waals surface area contributed by atoms with Crippen LogP contribution in [0.4, 0.5) is 0 Å². The van der Waals surface area contributed by atoms with Gasteiger partial charge in [-0.1, -0.05) is 42.6 Å². The molecule has 2 atom stereocenters. The molecule has 0 aliphatic carbocycles. The maximum absolute atomic E-state index is 11.1. The van der Waals surface area contributed by atoms with E-state index >= 15 is 0 Å². The van der Waals surface area contributed by atoms with Crippen LogP contribution in [0.2, 0.25) is 0 Å². The van der Waals surface area contributed by atoms with Gasteiger partial charge in [0.05, 0.1) is 7.11 Å². The lowest BCUT2D eigenvalue weighted by Crippen LogP contribution is -2.35. The van der Waals surface area contributed by atoms with E-state index in [0.717, 1.165) is 12.3 Å². The summed E-state index contributed by atoms with van der Waals surface area (Å²) in [6.45, 7) is 7.25. The van der Waals surface area contributed by atoms with Crippen LogP contribution in [-0.2, 0) is 9.53 Å². The quantitative estimate of drug-likeness (QED) is 0.552. The molecule has 0 saturated carbocycles. The van der Waals surface area contributed by atoms with E-state index in [2.05, 4.69) is 46.8 Å². The minimum Gasteiger partial charge on any atom is -0.468 e. The molecule has 0 rings (SSSR count). The lowest BCUT2D eigenvalue weighted by molar-refractivity contribution is -0.139. The third kappa shape index (κ3) is 8.11. The van der Waals surface area contributed by atoms with Gasteiger partial charge in [-0.05, 0) is 19.3 Å². The third-order valence-electron chi connectivity index (χ3n) is 2.52. The van der Waals surface area contributed by atoms with Crippen molar-refractivity contribution in [3.05, 3.63) is 0 Å². The highest BCUT2D eigenvalue weighted by molar-refractivity contribution is 9.10. The smallest absolute Gasteiger partial charge is 0.320 e. The normalized spacial score (nSPS) is 14.9. The molecule has 0 amide bonds. The standard InChI is InChI=1S/C12H24BrNO2/c1-9(2)6-5-7-10(3)14-8-11(13)12(15)16-4/h9-11,14H,5-8H2,1-4H3. The molecule has 0 radical (unpaired) electrons. The molecule has 0 fully saturated rings. The topological polar surface area (TPSA) is 38.3 Å². The van der Waals surface area contributed by atoms with Crippen molar-refractivity contribution < 1.29 is 9.53 Å². The Morgan fingerprint density at radius 1 is 1.31 bits per heavy atom. The number of carbonyl (C=O) groups excluding carboxylic acids is 1. The Morgan fingerprint density at radius 2 is 1.94 bits per heavy atom. The molecule has 16 heavy (non-hydrogen) atoms. The molecule has 4 heteroatoms. The molecule has 0 aromatic heterocycles. The molecule has 2 unspecified atom stereocenters. The maximum atomic E-state index is 11.1. The Hall–Kier alpha value is -0.0900. The van der Waals surface area contributed by atoms with E-state index in [1.165, 1.54) is 20.0 Å². The fourth-order valence-electron chi connectivity index (χ4n) is 1.45. The summed E-state index contributed by atoms with van der Waals surface area (Å²) in [5, 5.41) is 3.32. The zero-order chi connectivity index (χ0) is 12.6. The van der Waals surface area contributed by atoms with Crippen molar-refractivity contribution in [1.29, 1.82) is 0 Å². The van der Waals surface area contributed by atoms with Gasteiger partial charge >= 0.3 is 5.97 Å². The minimum absolute atomic E-state index is 0.220. The second-order valence-corrected chi connectivity index (χ2v) is 5.73. The summed E-state index contributed by atoms with van der Waals surface area (Å²) in [6.07, 6.45) is 3.65. The Morgan fingerprint density at radius 3 is 2.44 bits per heavy atom. The van der Waals surface area contributed by atoms with Crippen LogP contribution in [0, 0.1) is 5.92 Å². The van der Waals surface area contributed by atoms with Gasteiger partial charge in [0.2, 0.25) is 0 Å². The molecule has 0 bridgehead atoms. The van der Waals surface area contributed by atoms with Crippen molar-refractivity contribution in [3.8, 4) is 0 Å². The minimum atomic E-state index is -0.245. The highest BCUT2D eigenvalue weighted by Gasteiger charge is 2.15. The van der Waals surface area contributed by atoms with Crippen molar-refractivity contribution in [2.45, 2.75) is 50.9 Å². The summed E-state index contributed by atoms with van der Waals surface area (Å²) in [5.41, 5.74) is 0. The number of carbonyl (C=O) groups is 1. The van der Waals surface area contributed by atoms with Crippen LogP contribution in [0.15, 0.2) is 0 Å². The molecule has 1 N–H and O–H groups in total. The lowest BCUT2D eigenvalue weighted by Gasteiger charge is -2.16. The second kappa shape index (κ2) is 8.99. The fourth-order valence-corrected chi connectivity index (χ4v) is 1.82. The van der Waals surface area contributed by atoms with Crippen molar-refractivity contribution in [2.24, 2.45) is 5.92 Å². The van der Waals surface area contributed by atoms with E-state index in [9.17, 15) is 4.79 Å². The van der Waals surface area contributed by atoms with E-state index in [0.29, 0.717) is 12.6 Å². The molecule has 0 aromatic rings. The van der Waals surface area contributed by atoms with Crippen molar-refractivity contribution in [3.63, 3.8) is 0 Å². The lowest BCUT2D eigenvalue weighted by atomic mass is 10.0. The van der Waals surface area contributed by atoms with Crippen molar-refractivity contribution in [2.75, 3.05) is 13.7 Å². The average Bonchev–Trinajstić information content (AvgIpc) is 2.24. The molecule has 0 heterocycles. The summed E-state index contributed by atoms with van der Waals surface area (Å²) in [7, 11) is 1.41. The second-order valence-electron chi connectivity index (χ2n) is 4.62. The Labute approximate surface area is 107 Å². The van der Waals surface area contributed by atoms with Gasteiger partial charge in [-0.15, -0.1) is 0 Å². The number of esters is 1. The summed E-state index contributed by atoms with van der Waals surface area (Å²) < 4.78 is 4.63. The first kappa shape index (κ1) is 15.9. The summed E-state index contributed by atoms with van der Waals surface area (Å²) in [6, 6.07) is 0.448. The van der Waals surface area contributed by atoms with Gasteiger partial charge in [0, 0.05) is 12.6 Å². The number of nitrogens with one attached hydrogen (secondary N) is 1. The zero-order valence-electron chi connectivity index (χ0n) is 10.8. The molecule has 0 aliphatic rings. The average molecular weight is 294 g/mol. The third-order valence-corrected chi connectivity index (χ3v) is 3.22. The summed E-state index contributed by atoms with van der Waals surface area (Å²) >= 11 is 3.29. The van der Waals surface area contributed by atoms with Gasteiger partial charge in [0.1, 0.15) is 4.83 Å². The van der Waals surface area contributed by atoms with E-state index in [1.54, 1.807) is 0 Å². The number of ether oxygens (including phenoxy) is 1. The number of rotatable bonds is 8. The Bertz CT molecular complexity index is 197. The van der Waals surface area contributed by atoms with E-state index in [-0.39, 0.29) is 10.8 Å². The first-order chi connectivity index (χ1) is 7.47. The van der Waals surface area contributed by atoms with Crippen molar-refractivity contribution >= 4 is 21.9 Å². The predicted octanol–water partition coefficient (Wildman–Crippen LogP) is 2.73. The van der Waals surface area contributed by atoms with Crippen LogP contribution in [0.5, 0.6) is 0 Å². The molecule has 96 valence electrons. The van der Waals surface area contributed by atoms with E-state index in [1.807, 2.05) is 0 Å². The first-order valence-electron chi connectivity index (χ1n) is 5.92. The number of hydrogen-bond acceptors (Lipinski definition) is 3. The predicted molar refractivity (Wildman–Crippen MR) is 70.9 cm³/mol. The molecule has 0 spiro atoms. The molecule has 0 aliphatic heterocycles. The van der Waals surface area contributed by atoms with Gasteiger partial charge in [0.15, 0.2) is 0 Å². The van der Waals surface area contributed by atoms with Crippen LogP contribution >= 0.6 is 15.9 Å². The SMILES string of the molecule is COC(=O)C(Br)CNC(C)CCCC(C)C. The monoisotopic (exact) mass is 293 g/mol. The van der Waals surface area contributed by atoms with Gasteiger partial charge in [-0.25, -0.2) is 0 Å². The number of alkyl halides is 1. The molecule has 0 aromatic carbocycles. The molecule has 3 nitrogen and oxygen atoms in total. The fraction of sp³-hybridized carbons (Fsp3) is 0.917. The van der Waals surface area contributed by atoms with Crippen LogP contribution in [0.25, 0.3) is 0 Å². The van der Waals surface area contributed by atoms with Gasteiger partial charge in [0.25, 0.3) is 0 Å². The van der Waals surface area contributed by atoms with Crippen LogP contribution in [-0.4, -0.2) is 30.5 Å². The van der Waals surface area contributed by atoms with E-state index < -0.39 is 0 Å². The first-order valence-corrected chi connectivity index (χ1v) is 6.84. The molecular weight excluding hydrogens is 270 g/mol. The Kier molecular flexibility index (Phi) is 8.94. The van der Waals surface area contributed by atoms with Gasteiger partial charge in [-0.2, -0.15) is 0 Å². The highest BCUT2D eigenvalue weighted by Crippen LogP contribution is 2.08. The number of hydrogen-bond donors (Lipinski definition) is 1. The summed E-state index contributed by atoms with van der Waals surface area (Å²) in [5.74, 6) is 0.549. The molecule has 0 saturated heterocycles. The van der Waals surface area contributed by atoms with Gasteiger partial charge < -0.3 is 10.1 Å². The number of halogens is 1. The maximum Gasteiger partial charge on any atom is 0.320 e. The van der Waals surface area contributed by atoms with Crippen LogP contribution in [0.1, 0.15) is 40.0 Å². The highest BCUT2D eigenvalue weighted by atomic mass is 79.9. The van der Waals surface area contributed by atoms with Crippen molar-refractivity contribution in [1.82, 2.24) is 5.32 Å². The molecular formula is C12H24BrNO2. The van der Waals surface area contributed by atoms with Crippen LogP contribution < -0.4 is 5.32 Å². The van der Waals surface area contributed by atoms with Crippen LogP contribution in [0.3, 0.4) is 0 Å². The van der Waals surface area contributed by atoms with Gasteiger partial charge in [-0.3, -0.25) is 4.79 Å². The summed E-state index contributed by atoms with van der Waals surface area (Å²) in [4.78, 5) is 10.9.